The normalized spacial score (nSPS) is 12.1. The van der Waals surface area contributed by atoms with Crippen LogP contribution in [0.15, 0.2) is 95.9 Å². The van der Waals surface area contributed by atoms with Crippen molar-refractivity contribution in [1.82, 2.24) is 0 Å². The van der Waals surface area contributed by atoms with Gasteiger partial charge in [-0.3, -0.25) is 0 Å². The molecule has 0 atom stereocenters. The molecule has 0 heterocycles. The topological polar surface area (TPSA) is 9.23 Å². The highest BCUT2D eigenvalue weighted by Gasteiger charge is 2.56. The first-order chi connectivity index (χ1) is 17.8. The van der Waals surface area contributed by atoms with Crippen molar-refractivity contribution in [3.63, 3.8) is 0 Å². The van der Waals surface area contributed by atoms with Crippen LogP contribution >= 0.6 is 11.8 Å². The summed E-state index contributed by atoms with van der Waals surface area (Å²) in [5.41, 5.74) is 1.87. The summed E-state index contributed by atoms with van der Waals surface area (Å²) in [6.45, 7) is 2.84. The Balaban J connectivity index is 1.37. The third kappa shape index (κ3) is 7.07. The molecule has 1 nitrogen and oxygen atoms in total. The molecule has 0 aromatic heterocycles. The fraction of sp³-hybridized carbons (Fsp3) is 0.290. The fourth-order valence-electron chi connectivity index (χ4n) is 4.09. The van der Waals surface area contributed by atoms with Crippen LogP contribution < -0.4 is 4.74 Å². The molecule has 0 saturated heterocycles. The summed E-state index contributed by atoms with van der Waals surface area (Å²) >= 11 is -0.0977. The third-order valence-corrected chi connectivity index (χ3v) is 7.27. The number of fused-ring (bicyclic) bond motifs is 1. The van der Waals surface area contributed by atoms with E-state index < -0.39 is 17.6 Å². The average Bonchev–Trinajstić information content (AvgIpc) is 2.89. The van der Waals surface area contributed by atoms with Crippen molar-refractivity contribution in [3.8, 4) is 16.9 Å². The van der Waals surface area contributed by atoms with Gasteiger partial charge in [0.25, 0.3) is 0 Å². The largest absolute Gasteiger partial charge is 0.494 e. The van der Waals surface area contributed by atoms with E-state index in [0.29, 0.717) is 6.61 Å². The molecule has 37 heavy (non-hydrogen) atoms. The Morgan fingerprint density at radius 3 is 2.03 bits per heavy atom. The van der Waals surface area contributed by atoms with Gasteiger partial charge in [0, 0.05) is 11.3 Å². The number of rotatable bonds is 12. The Morgan fingerprint density at radius 1 is 0.703 bits per heavy atom. The maximum Gasteiger partial charge on any atom is 0.360 e. The number of benzene rings is 4. The first-order valence-corrected chi connectivity index (χ1v) is 13.3. The van der Waals surface area contributed by atoms with E-state index >= 15 is 0 Å². The summed E-state index contributed by atoms with van der Waals surface area (Å²) in [6, 6.07) is 25.8. The number of hydrogen-bond donors (Lipinski definition) is 0. The SMILES string of the molecule is CCCCCCOc1ccc(-c2ccc(CC(F)(F)C(F)(F)Sc3ccc4ccccc4c3)cc2)cc1. The Labute approximate surface area is 219 Å². The summed E-state index contributed by atoms with van der Waals surface area (Å²) in [6.07, 6.45) is 3.49. The molecule has 0 aliphatic rings. The third-order valence-electron chi connectivity index (χ3n) is 6.23. The van der Waals surface area contributed by atoms with Crippen LogP contribution in [0.5, 0.6) is 5.75 Å². The predicted molar refractivity (Wildman–Crippen MR) is 145 cm³/mol. The molecule has 0 aliphatic carbocycles. The van der Waals surface area contributed by atoms with Gasteiger partial charge >= 0.3 is 11.2 Å². The lowest BCUT2D eigenvalue weighted by molar-refractivity contribution is -0.150. The van der Waals surface area contributed by atoms with Gasteiger partial charge in [-0.1, -0.05) is 92.9 Å². The Morgan fingerprint density at radius 2 is 1.35 bits per heavy atom. The summed E-state index contributed by atoms with van der Waals surface area (Å²) in [4.78, 5) is 0.104. The number of alkyl halides is 4. The minimum atomic E-state index is -4.26. The molecule has 194 valence electrons. The van der Waals surface area contributed by atoms with Gasteiger partial charge in [0.2, 0.25) is 0 Å². The van der Waals surface area contributed by atoms with E-state index in [4.69, 9.17) is 4.74 Å². The van der Waals surface area contributed by atoms with E-state index in [1.54, 1.807) is 30.3 Å². The molecule has 4 rings (SSSR count). The van der Waals surface area contributed by atoms with Crippen LogP contribution in [0.4, 0.5) is 17.6 Å². The van der Waals surface area contributed by atoms with Crippen molar-refractivity contribution in [2.45, 2.75) is 55.1 Å². The van der Waals surface area contributed by atoms with Crippen LogP contribution in [0.3, 0.4) is 0 Å². The molecule has 0 fully saturated rings. The smallest absolute Gasteiger partial charge is 0.360 e. The maximum atomic E-state index is 14.7. The van der Waals surface area contributed by atoms with Crippen LogP contribution in [0, 0.1) is 0 Å². The summed E-state index contributed by atoms with van der Waals surface area (Å²) in [5.74, 6) is -3.44. The van der Waals surface area contributed by atoms with Gasteiger partial charge in [-0.2, -0.15) is 17.6 Å². The lowest BCUT2D eigenvalue weighted by atomic mass is 10.0. The molecule has 4 aromatic rings. The Hall–Kier alpha value is -2.99. The number of ether oxygens (including phenoxy) is 1. The number of thioether (sulfide) groups is 1. The molecule has 0 aliphatic heterocycles. The van der Waals surface area contributed by atoms with E-state index in [-0.39, 0.29) is 22.2 Å². The number of halogens is 4. The van der Waals surface area contributed by atoms with Crippen molar-refractivity contribution in [2.75, 3.05) is 6.61 Å². The molecule has 6 heteroatoms. The number of hydrogen-bond acceptors (Lipinski definition) is 2. The quantitative estimate of drug-likeness (QED) is 0.103. The molecular formula is C31H30F4OS. The van der Waals surface area contributed by atoms with Crippen molar-refractivity contribution in [3.05, 3.63) is 96.6 Å². The van der Waals surface area contributed by atoms with Gasteiger partial charge in [-0.25, -0.2) is 0 Å². The fourth-order valence-corrected chi connectivity index (χ4v) is 4.93. The molecular weight excluding hydrogens is 496 g/mol. The van der Waals surface area contributed by atoms with E-state index in [1.165, 1.54) is 37.1 Å². The van der Waals surface area contributed by atoms with E-state index in [1.807, 2.05) is 36.4 Å². The van der Waals surface area contributed by atoms with Crippen molar-refractivity contribution in [1.29, 1.82) is 0 Å². The number of unbranched alkanes of at least 4 members (excludes halogenated alkanes) is 3. The molecule has 0 amide bonds. The Bertz CT molecular complexity index is 1290. The van der Waals surface area contributed by atoms with Crippen LogP contribution in [0.25, 0.3) is 21.9 Å². The second kappa shape index (κ2) is 12.0. The van der Waals surface area contributed by atoms with Gasteiger partial charge in [0.1, 0.15) is 5.75 Å². The Kier molecular flexibility index (Phi) is 8.80. The molecule has 0 bridgehead atoms. The monoisotopic (exact) mass is 526 g/mol. The predicted octanol–water partition coefficient (Wildman–Crippen LogP) is 10.0. The lowest BCUT2D eigenvalue weighted by Crippen LogP contribution is -2.39. The van der Waals surface area contributed by atoms with Gasteiger partial charge in [0.15, 0.2) is 0 Å². The van der Waals surface area contributed by atoms with E-state index in [0.717, 1.165) is 40.5 Å². The molecule has 4 aromatic carbocycles. The van der Waals surface area contributed by atoms with Crippen molar-refractivity contribution >= 4 is 22.5 Å². The second-order valence-corrected chi connectivity index (χ2v) is 10.3. The highest BCUT2D eigenvalue weighted by molar-refractivity contribution is 8.00. The van der Waals surface area contributed by atoms with Crippen LogP contribution in [-0.2, 0) is 6.42 Å². The van der Waals surface area contributed by atoms with Gasteiger partial charge in [0.05, 0.1) is 6.61 Å². The zero-order chi connectivity index (χ0) is 26.3. The maximum absolute atomic E-state index is 14.7. The van der Waals surface area contributed by atoms with Crippen LogP contribution in [0.1, 0.15) is 38.2 Å². The summed E-state index contributed by atoms with van der Waals surface area (Å²) in [7, 11) is 0. The second-order valence-electron chi connectivity index (χ2n) is 9.14. The highest BCUT2D eigenvalue weighted by Crippen LogP contribution is 2.48. The van der Waals surface area contributed by atoms with Gasteiger partial charge in [-0.15, -0.1) is 0 Å². The van der Waals surface area contributed by atoms with Gasteiger partial charge in [-0.05, 0) is 69.9 Å². The average molecular weight is 527 g/mol. The minimum absolute atomic E-state index is 0.0977. The molecule has 0 saturated carbocycles. The summed E-state index contributed by atoms with van der Waals surface area (Å²) in [5, 5.41) is -2.67. The van der Waals surface area contributed by atoms with Crippen LogP contribution in [0.2, 0.25) is 0 Å². The van der Waals surface area contributed by atoms with Crippen molar-refractivity contribution in [2.24, 2.45) is 0 Å². The van der Waals surface area contributed by atoms with E-state index in [2.05, 4.69) is 6.92 Å². The van der Waals surface area contributed by atoms with E-state index in [9.17, 15) is 17.6 Å². The zero-order valence-corrected chi connectivity index (χ0v) is 21.5. The van der Waals surface area contributed by atoms with Crippen LogP contribution in [-0.4, -0.2) is 17.8 Å². The van der Waals surface area contributed by atoms with Gasteiger partial charge < -0.3 is 4.74 Å². The summed E-state index contributed by atoms with van der Waals surface area (Å²) < 4.78 is 64.6. The molecule has 0 unspecified atom stereocenters. The molecule has 0 spiro atoms. The molecule has 0 N–H and O–H groups in total. The minimum Gasteiger partial charge on any atom is -0.494 e. The standard InChI is InChI=1S/C31H30F4OS/c1-2-3-4-7-20-36-28-17-14-26(15-18-28)25-12-10-23(11-13-25)22-30(32,33)31(34,35)37-29-19-16-24-8-5-6-9-27(24)21-29/h5-6,8-19,21H,2-4,7,20,22H2,1H3. The zero-order valence-electron chi connectivity index (χ0n) is 20.7. The van der Waals surface area contributed by atoms with Crippen molar-refractivity contribution < 1.29 is 22.3 Å². The highest BCUT2D eigenvalue weighted by atomic mass is 32.2. The first-order valence-electron chi connectivity index (χ1n) is 12.5. The molecule has 0 radical (unpaired) electrons. The first kappa shape index (κ1) is 27.1. The lowest BCUT2D eigenvalue weighted by Gasteiger charge is -2.26.